The van der Waals surface area contributed by atoms with E-state index in [4.69, 9.17) is 0 Å². The normalized spacial score (nSPS) is 10.6. The lowest BCUT2D eigenvalue weighted by Crippen LogP contribution is -1.94. The highest BCUT2D eigenvalue weighted by atomic mass is 19.1. The van der Waals surface area contributed by atoms with Gasteiger partial charge < -0.3 is 4.57 Å². The number of hydrogen-bond acceptors (Lipinski definition) is 1. The summed E-state index contributed by atoms with van der Waals surface area (Å²) in [5.41, 5.74) is 2.00. The van der Waals surface area contributed by atoms with Gasteiger partial charge in [-0.3, -0.25) is 0 Å². The molecule has 2 nitrogen and oxygen atoms in total. The summed E-state index contributed by atoms with van der Waals surface area (Å²) >= 11 is 0. The lowest BCUT2D eigenvalue weighted by Gasteiger charge is -2.03. The number of nitrogens with zero attached hydrogens (tertiary/aromatic N) is 2. The minimum atomic E-state index is -0.216. The zero-order valence-corrected chi connectivity index (χ0v) is 8.87. The first-order chi connectivity index (χ1) is 7.20. The molecular formula is C12H13FN2. The molecular weight excluding hydrogens is 191 g/mol. The van der Waals surface area contributed by atoms with Crippen molar-refractivity contribution in [2.45, 2.75) is 20.3 Å². The predicted molar refractivity (Wildman–Crippen MR) is 57.6 cm³/mol. The van der Waals surface area contributed by atoms with E-state index in [9.17, 15) is 4.39 Å². The van der Waals surface area contributed by atoms with E-state index < -0.39 is 0 Å². The van der Waals surface area contributed by atoms with Gasteiger partial charge >= 0.3 is 0 Å². The van der Waals surface area contributed by atoms with Crippen molar-refractivity contribution >= 4 is 0 Å². The maximum absolute atomic E-state index is 12.7. The molecule has 1 aromatic carbocycles. The summed E-state index contributed by atoms with van der Waals surface area (Å²) in [7, 11) is 0. The van der Waals surface area contributed by atoms with Crippen LogP contribution in [-0.4, -0.2) is 9.55 Å². The third-order valence-electron chi connectivity index (χ3n) is 2.40. The third-order valence-corrected chi connectivity index (χ3v) is 2.40. The lowest BCUT2D eigenvalue weighted by molar-refractivity contribution is 0.627. The molecule has 0 amide bonds. The van der Waals surface area contributed by atoms with Crippen LogP contribution in [-0.2, 0) is 6.42 Å². The summed E-state index contributed by atoms with van der Waals surface area (Å²) in [6.07, 6.45) is 2.90. The minimum absolute atomic E-state index is 0.216. The van der Waals surface area contributed by atoms with Gasteiger partial charge in [-0.25, -0.2) is 9.37 Å². The summed E-state index contributed by atoms with van der Waals surface area (Å²) in [4.78, 5) is 4.40. The Hall–Kier alpha value is -1.64. The van der Waals surface area contributed by atoms with Crippen LogP contribution in [0.2, 0.25) is 0 Å². The Bertz CT molecular complexity index is 457. The van der Waals surface area contributed by atoms with Crippen LogP contribution in [0.4, 0.5) is 4.39 Å². The van der Waals surface area contributed by atoms with Crippen molar-refractivity contribution in [2.75, 3.05) is 0 Å². The van der Waals surface area contributed by atoms with E-state index in [1.807, 2.05) is 17.7 Å². The van der Waals surface area contributed by atoms with Crippen molar-refractivity contribution in [1.29, 1.82) is 0 Å². The Balaban J connectivity index is 2.44. The molecule has 0 bridgehead atoms. The van der Waals surface area contributed by atoms with E-state index in [2.05, 4.69) is 11.9 Å². The molecule has 15 heavy (non-hydrogen) atoms. The van der Waals surface area contributed by atoms with Crippen LogP contribution in [0.1, 0.15) is 18.4 Å². The summed E-state index contributed by atoms with van der Waals surface area (Å²) in [6, 6.07) is 6.42. The molecule has 78 valence electrons. The molecule has 1 aromatic heterocycles. The van der Waals surface area contributed by atoms with Crippen molar-refractivity contribution in [3.8, 4) is 5.69 Å². The molecule has 0 N–H and O–H groups in total. The van der Waals surface area contributed by atoms with Crippen LogP contribution < -0.4 is 0 Å². The molecule has 0 aliphatic rings. The quantitative estimate of drug-likeness (QED) is 0.735. The standard InChI is InChI=1S/C12H13FN2/c1-3-11-8-15(9(2)14-11)12-6-4-10(13)5-7-12/h4-8H,3H2,1-2H3. The highest BCUT2D eigenvalue weighted by Crippen LogP contribution is 2.13. The number of benzene rings is 1. The third kappa shape index (κ3) is 1.91. The van der Waals surface area contributed by atoms with Crippen molar-refractivity contribution < 1.29 is 4.39 Å². The minimum Gasteiger partial charge on any atom is -0.304 e. The Kier molecular flexibility index (Phi) is 2.54. The first-order valence-electron chi connectivity index (χ1n) is 5.01. The Morgan fingerprint density at radius 2 is 1.93 bits per heavy atom. The maximum atomic E-state index is 12.7. The smallest absolute Gasteiger partial charge is 0.123 e. The summed E-state index contributed by atoms with van der Waals surface area (Å²) in [5.74, 6) is 0.714. The van der Waals surface area contributed by atoms with Crippen LogP contribution in [0, 0.1) is 12.7 Å². The average Bonchev–Trinajstić information content (AvgIpc) is 2.61. The lowest BCUT2D eigenvalue weighted by atomic mass is 10.3. The zero-order valence-electron chi connectivity index (χ0n) is 8.87. The van der Waals surface area contributed by atoms with Gasteiger partial charge in [0.25, 0.3) is 0 Å². The van der Waals surface area contributed by atoms with E-state index in [0.717, 1.165) is 23.6 Å². The van der Waals surface area contributed by atoms with Crippen molar-refractivity contribution in [3.05, 3.63) is 47.8 Å². The number of halogens is 1. The van der Waals surface area contributed by atoms with Crippen molar-refractivity contribution in [3.63, 3.8) is 0 Å². The number of aryl methyl sites for hydroxylation is 2. The highest BCUT2D eigenvalue weighted by Gasteiger charge is 2.04. The van der Waals surface area contributed by atoms with E-state index in [1.165, 1.54) is 12.1 Å². The first kappa shape index (κ1) is 9.90. The largest absolute Gasteiger partial charge is 0.304 e. The van der Waals surface area contributed by atoms with Gasteiger partial charge in [0.2, 0.25) is 0 Å². The zero-order chi connectivity index (χ0) is 10.8. The Morgan fingerprint density at radius 3 is 2.47 bits per heavy atom. The molecule has 2 aromatic rings. The second-order valence-corrected chi connectivity index (χ2v) is 3.48. The Labute approximate surface area is 88.4 Å². The molecule has 0 saturated heterocycles. The number of hydrogen-bond donors (Lipinski definition) is 0. The molecule has 0 saturated carbocycles. The monoisotopic (exact) mass is 204 g/mol. The number of imidazole rings is 1. The molecule has 0 unspecified atom stereocenters. The van der Waals surface area contributed by atoms with Gasteiger partial charge in [0.15, 0.2) is 0 Å². The SMILES string of the molecule is CCc1cn(-c2ccc(F)cc2)c(C)n1. The fourth-order valence-corrected chi connectivity index (χ4v) is 1.57. The second-order valence-electron chi connectivity index (χ2n) is 3.48. The van der Waals surface area contributed by atoms with Gasteiger partial charge in [0, 0.05) is 11.9 Å². The van der Waals surface area contributed by atoms with Crippen LogP contribution in [0.3, 0.4) is 0 Å². The van der Waals surface area contributed by atoms with Gasteiger partial charge in [0.1, 0.15) is 11.6 Å². The number of aromatic nitrogens is 2. The molecule has 0 aliphatic heterocycles. The highest BCUT2D eigenvalue weighted by molar-refractivity contribution is 5.34. The molecule has 2 rings (SSSR count). The molecule has 3 heteroatoms. The molecule has 0 radical (unpaired) electrons. The van der Waals surface area contributed by atoms with Gasteiger partial charge in [0.05, 0.1) is 5.69 Å². The van der Waals surface area contributed by atoms with E-state index >= 15 is 0 Å². The second kappa shape index (κ2) is 3.85. The first-order valence-corrected chi connectivity index (χ1v) is 5.01. The fourth-order valence-electron chi connectivity index (χ4n) is 1.57. The molecule has 0 atom stereocenters. The van der Waals surface area contributed by atoms with Gasteiger partial charge in [-0.1, -0.05) is 6.92 Å². The van der Waals surface area contributed by atoms with Crippen LogP contribution in [0.15, 0.2) is 30.5 Å². The van der Waals surface area contributed by atoms with Crippen molar-refractivity contribution in [2.24, 2.45) is 0 Å². The molecule has 0 aliphatic carbocycles. The predicted octanol–water partition coefficient (Wildman–Crippen LogP) is 2.88. The Morgan fingerprint density at radius 1 is 1.27 bits per heavy atom. The summed E-state index contributed by atoms with van der Waals surface area (Å²) in [5, 5.41) is 0. The van der Waals surface area contributed by atoms with Gasteiger partial charge in [-0.05, 0) is 37.6 Å². The fraction of sp³-hybridized carbons (Fsp3) is 0.250. The molecule has 0 fully saturated rings. The van der Waals surface area contributed by atoms with Gasteiger partial charge in [-0.2, -0.15) is 0 Å². The van der Waals surface area contributed by atoms with E-state index in [0.29, 0.717) is 0 Å². The molecule has 0 spiro atoms. The van der Waals surface area contributed by atoms with E-state index in [1.54, 1.807) is 12.1 Å². The maximum Gasteiger partial charge on any atom is 0.123 e. The summed E-state index contributed by atoms with van der Waals surface area (Å²) < 4.78 is 14.7. The number of rotatable bonds is 2. The van der Waals surface area contributed by atoms with Crippen LogP contribution >= 0.6 is 0 Å². The van der Waals surface area contributed by atoms with E-state index in [-0.39, 0.29) is 5.82 Å². The average molecular weight is 204 g/mol. The van der Waals surface area contributed by atoms with Crippen LogP contribution in [0.5, 0.6) is 0 Å². The summed E-state index contributed by atoms with van der Waals surface area (Å²) in [6.45, 7) is 4.01. The molecule has 1 heterocycles. The topological polar surface area (TPSA) is 17.8 Å². The van der Waals surface area contributed by atoms with Crippen LogP contribution in [0.25, 0.3) is 5.69 Å². The van der Waals surface area contributed by atoms with Gasteiger partial charge in [-0.15, -0.1) is 0 Å². The van der Waals surface area contributed by atoms with Crippen molar-refractivity contribution in [1.82, 2.24) is 9.55 Å².